The van der Waals surface area contributed by atoms with Crippen LogP contribution in [0.4, 0.5) is 0 Å². The molecule has 1 N–H and O–H groups in total. The van der Waals surface area contributed by atoms with Gasteiger partial charge in [0.05, 0.1) is 18.0 Å². The van der Waals surface area contributed by atoms with Crippen LogP contribution in [0.2, 0.25) is 0 Å². The minimum atomic E-state index is -0.200. The summed E-state index contributed by atoms with van der Waals surface area (Å²) in [5, 5.41) is 11.5. The lowest BCUT2D eigenvalue weighted by atomic mass is 10.2. The molecule has 140 valence electrons. The lowest BCUT2D eigenvalue weighted by molar-refractivity contribution is 0.0946. The normalized spacial score (nSPS) is 10.6. The van der Waals surface area contributed by atoms with Crippen molar-refractivity contribution in [3.63, 3.8) is 0 Å². The van der Waals surface area contributed by atoms with Crippen molar-refractivity contribution in [2.75, 3.05) is 13.2 Å². The van der Waals surface area contributed by atoms with Gasteiger partial charge in [-0.05, 0) is 51.0 Å². The number of aromatic nitrogens is 3. The van der Waals surface area contributed by atoms with Crippen molar-refractivity contribution in [2.45, 2.75) is 26.7 Å². The molecule has 0 spiro atoms. The highest BCUT2D eigenvalue weighted by Gasteiger charge is 2.15. The molecule has 1 amide bonds. The molecule has 0 unspecified atom stereocenters. The van der Waals surface area contributed by atoms with Crippen LogP contribution in [0.25, 0.3) is 5.69 Å². The topological polar surface area (TPSA) is 69.0 Å². The summed E-state index contributed by atoms with van der Waals surface area (Å²) in [5.41, 5.74) is 3.01. The van der Waals surface area contributed by atoms with Gasteiger partial charge in [0, 0.05) is 6.54 Å². The fourth-order valence-corrected chi connectivity index (χ4v) is 2.60. The Morgan fingerprint density at radius 3 is 2.48 bits per heavy atom. The largest absolute Gasteiger partial charge is 0.494 e. The van der Waals surface area contributed by atoms with Crippen LogP contribution in [0.15, 0.2) is 54.6 Å². The van der Waals surface area contributed by atoms with Crippen molar-refractivity contribution in [2.24, 2.45) is 0 Å². The van der Waals surface area contributed by atoms with E-state index in [-0.39, 0.29) is 5.91 Å². The molecule has 0 aliphatic heterocycles. The van der Waals surface area contributed by atoms with Crippen molar-refractivity contribution in [3.8, 4) is 11.4 Å². The van der Waals surface area contributed by atoms with Gasteiger partial charge in [0.1, 0.15) is 5.75 Å². The van der Waals surface area contributed by atoms with Gasteiger partial charge in [0.2, 0.25) is 0 Å². The molecule has 1 aromatic heterocycles. The van der Waals surface area contributed by atoms with E-state index in [0.717, 1.165) is 24.3 Å². The van der Waals surface area contributed by atoms with Crippen LogP contribution >= 0.6 is 0 Å². The average Bonchev–Trinajstić information content (AvgIpc) is 3.08. The first-order valence-corrected chi connectivity index (χ1v) is 9.10. The number of benzene rings is 2. The van der Waals surface area contributed by atoms with Crippen molar-refractivity contribution in [1.82, 2.24) is 20.3 Å². The molecule has 3 aromatic rings. The van der Waals surface area contributed by atoms with Crippen LogP contribution in [0.1, 0.15) is 34.6 Å². The zero-order chi connectivity index (χ0) is 19.1. The van der Waals surface area contributed by atoms with Gasteiger partial charge in [0.15, 0.2) is 5.69 Å². The zero-order valence-electron chi connectivity index (χ0n) is 15.7. The van der Waals surface area contributed by atoms with E-state index in [2.05, 4.69) is 15.5 Å². The Hall–Kier alpha value is -3.15. The van der Waals surface area contributed by atoms with Gasteiger partial charge in [-0.1, -0.05) is 35.9 Å². The zero-order valence-corrected chi connectivity index (χ0v) is 15.7. The standard InChI is InChI=1S/C21H24N4O2/c1-16-10-12-19(13-11-16)27-15-7-6-14-22-21(26)20-17(2)23-25(24-20)18-8-4-3-5-9-18/h3-5,8-13H,6-7,14-15H2,1-2H3,(H,22,26). The number of carbonyl (C=O) groups is 1. The number of nitrogens with one attached hydrogen (secondary N) is 1. The minimum Gasteiger partial charge on any atom is -0.494 e. The second-order valence-corrected chi connectivity index (χ2v) is 6.38. The van der Waals surface area contributed by atoms with E-state index < -0.39 is 0 Å². The van der Waals surface area contributed by atoms with E-state index in [0.29, 0.717) is 24.5 Å². The first-order chi connectivity index (χ1) is 13.1. The molecule has 0 aliphatic rings. The molecule has 0 saturated carbocycles. The maximum atomic E-state index is 12.3. The lowest BCUT2D eigenvalue weighted by Gasteiger charge is -2.07. The Morgan fingerprint density at radius 1 is 1.00 bits per heavy atom. The summed E-state index contributed by atoms with van der Waals surface area (Å²) in [7, 11) is 0. The van der Waals surface area contributed by atoms with Crippen molar-refractivity contribution in [3.05, 3.63) is 71.5 Å². The molecule has 0 aliphatic carbocycles. The van der Waals surface area contributed by atoms with Gasteiger partial charge in [-0.15, -0.1) is 5.10 Å². The van der Waals surface area contributed by atoms with Crippen molar-refractivity contribution < 1.29 is 9.53 Å². The fraction of sp³-hybridized carbons (Fsp3) is 0.286. The van der Waals surface area contributed by atoms with Crippen LogP contribution in [0.5, 0.6) is 5.75 Å². The summed E-state index contributed by atoms with van der Waals surface area (Å²) < 4.78 is 5.69. The lowest BCUT2D eigenvalue weighted by Crippen LogP contribution is -2.26. The highest BCUT2D eigenvalue weighted by Crippen LogP contribution is 2.12. The summed E-state index contributed by atoms with van der Waals surface area (Å²) in [5.74, 6) is 0.673. The summed E-state index contributed by atoms with van der Waals surface area (Å²) >= 11 is 0. The molecular formula is C21H24N4O2. The molecule has 3 rings (SSSR count). The van der Waals surface area contributed by atoms with Gasteiger partial charge in [-0.25, -0.2) is 0 Å². The minimum absolute atomic E-state index is 0.200. The van der Waals surface area contributed by atoms with Crippen LogP contribution < -0.4 is 10.1 Å². The second-order valence-electron chi connectivity index (χ2n) is 6.38. The van der Waals surface area contributed by atoms with E-state index in [9.17, 15) is 4.79 Å². The summed E-state index contributed by atoms with van der Waals surface area (Å²) in [6, 6.07) is 17.5. The number of carbonyl (C=O) groups excluding carboxylic acids is 1. The second kappa shape index (κ2) is 8.98. The Balaban J connectivity index is 1.42. The molecule has 0 bridgehead atoms. The van der Waals surface area contributed by atoms with E-state index in [1.54, 1.807) is 6.92 Å². The molecule has 6 heteroatoms. The van der Waals surface area contributed by atoms with Gasteiger partial charge in [0.25, 0.3) is 5.91 Å². The number of para-hydroxylation sites is 1. The molecule has 27 heavy (non-hydrogen) atoms. The Labute approximate surface area is 159 Å². The molecule has 2 aromatic carbocycles. The number of aryl methyl sites for hydroxylation is 2. The molecule has 0 radical (unpaired) electrons. The maximum absolute atomic E-state index is 12.3. The Morgan fingerprint density at radius 2 is 1.74 bits per heavy atom. The van der Waals surface area contributed by atoms with Gasteiger partial charge in [-0.3, -0.25) is 4.79 Å². The van der Waals surface area contributed by atoms with Gasteiger partial charge in [-0.2, -0.15) is 9.90 Å². The number of hydrogen-bond donors (Lipinski definition) is 1. The fourth-order valence-electron chi connectivity index (χ4n) is 2.60. The third-order valence-electron chi connectivity index (χ3n) is 4.13. The smallest absolute Gasteiger partial charge is 0.273 e. The monoisotopic (exact) mass is 364 g/mol. The number of rotatable bonds is 8. The van der Waals surface area contributed by atoms with Crippen LogP contribution in [-0.2, 0) is 0 Å². The van der Waals surface area contributed by atoms with E-state index in [4.69, 9.17) is 4.74 Å². The first-order valence-electron chi connectivity index (χ1n) is 9.10. The molecule has 0 atom stereocenters. The summed E-state index contributed by atoms with van der Waals surface area (Å²) in [6.07, 6.45) is 1.70. The maximum Gasteiger partial charge on any atom is 0.273 e. The van der Waals surface area contributed by atoms with Gasteiger partial charge >= 0.3 is 0 Å². The number of ether oxygens (including phenoxy) is 1. The molecular weight excluding hydrogens is 340 g/mol. The first kappa shape index (κ1) is 18.6. The van der Waals surface area contributed by atoms with Gasteiger partial charge < -0.3 is 10.1 Å². The number of unbranched alkanes of at least 4 members (excludes halogenated alkanes) is 1. The number of amides is 1. The molecule has 1 heterocycles. The molecule has 6 nitrogen and oxygen atoms in total. The van der Waals surface area contributed by atoms with Crippen molar-refractivity contribution in [1.29, 1.82) is 0 Å². The SMILES string of the molecule is Cc1ccc(OCCCCNC(=O)c2nn(-c3ccccc3)nc2C)cc1. The Kier molecular flexibility index (Phi) is 6.20. The molecule has 0 saturated heterocycles. The number of hydrogen-bond acceptors (Lipinski definition) is 4. The van der Waals surface area contributed by atoms with E-state index in [1.165, 1.54) is 10.4 Å². The van der Waals surface area contributed by atoms with Crippen molar-refractivity contribution >= 4 is 5.91 Å². The van der Waals surface area contributed by atoms with E-state index >= 15 is 0 Å². The Bertz CT molecular complexity index is 873. The van der Waals surface area contributed by atoms with Crippen LogP contribution in [-0.4, -0.2) is 34.1 Å². The predicted molar refractivity (Wildman–Crippen MR) is 104 cm³/mol. The molecule has 0 fully saturated rings. The van der Waals surface area contributed by atoms with Crippen LogP contribution in [0, 0.1) is 13.8 Å². The average molecular weight is 364 g/mol. The quantitative estimate of drug-likeness (QED) is 0.622. The third kappa shape index (κ3) is 5.17. The third-order valence-corrected chi connectivity index (χ3v) is 4.13. The highest BCUT2D eigenvalue weighted by atomic mass is 16.5. The van der Waals surface area contributed by atoms with Crippen LogP contribution in [0.3, 0.4) is 0 Å². The summed E-state index contributed by atoms with van der Waals surface area (Å²) in [4.78, 5) is 13.8. The van der Waals surface area contributed by atoms with E-state index in [1.807, 2.05) is 61.5 Å². The predicted octanol–water partition coefficient (Wildman–Crippen LogP) is 3.47. The highest BCUT2D eigenvalue weighted by molar-refractivity contribution is 5.93. The number of nitrogens with zero attached hydrogens (tertiary/aromatic N) is 3. The summed E-state index contributed by atoms with van der Waals surface area (Å²) in [6.45, 7) is 5.04.